The Kier molecular flexibility index (Phi) is 8.52. The van der Waals surface area contributed by atoms with Crippen LogP contribution in [0.15, 0.2) is 21.9 Å². The van der Waals surface area contributed by atoms with E-state index in [0.717, 1.165) is 16.8 Å². The number of nitrogens with zero attached hydrogens (tertiary/aromatic N) is 1. The largest absolute Gasteiger partial charge is 0.483 e. The lowest BCUT2D eigenvalue weighted by molar-refractivity contribution is -0.271. The molecule has 2 fully saturated rings. The van der Waals surface area contributed by atoms with Crippen molar-refractivity contribution in [3.63, 3.8) is 0 Å². The Morgan fingerprint density at radius 3 is 2.26 bits per heavy atom. The average Bonchev–Trinajstić information content (AvgIpc) is 3.02. The predicted molar refractivity (Wildman–Crippen MR) is 107 cm³/mol. The van der Waals surface area contributed by atoms with Crippen LogP contribution in [0.1, 0.15) is 13.2 Å². The standard InChI is InChI=1S/C15H24N2O16P2/c1-5-8(19)10(21)12(23)14(30-5)32-35(27,28)33-34(25,26)29-4-6-9(20)11(22)13(31-6)17-3-2-7(18)16-15(17)24/h2-3,5-6,8-14,19-23H,4H2,1H3,(H,25,26)(H,27,28)(H,16,18,24)/t5-,6+,8+,9+,10+,11+,12+,13+,14-/m0/s1. The molecule has 0 bridgehead atoms. The quantitative estimate of drug-likeness (QED) is 0.144. The van der Waals surface area contributed by atoms with Gasteiger partial charge in [0.05, 0.1) is 12.7 Å². The normalized spacial score (nSPS) is 39.1. The zero-order valence-corrected chi connectivity index (χ0v) is 19.5. The zero-order valence-electron chi connectivity index (χ0n) is 17.7. The first-order valence-corrected chi connectivity index (χ1v) is 12.8. The molecule has 11 atom stereocenters. The summed E-state index contributed by atoms with van der Waals surface area (Å²) in [5.74, 6) is 0. The molecule has 18 nitrogen and oxygen atoms in total. The topological polar surface area (TPSA) is 277 Å². The highest BCUT2D eigenvalue weighted by molar-refractivity contribution is 7.61. The summed E-state index contributed by atoms with van der Waals surface area (Å²) in [6, 6.07) is 0.940. The summed E-state index contributed by atoms with van der Waals surface area (Å²) in [6.45, 7) is 0.250. The van der Waals surface area contributed by atoms with Crippen molar-refractivity contribution in [2.75, 3.05) is 6.61 Å². The van der Waals surface area contributed by atoms with Crippen LogP contribution in [0.2, 0.25) is 0 Å². The van der Waals surface area contributed by atoms with Gasteiger partial charge in [0.2, 0.25) is 0 Å². The maximum Gasteiger partial charge on any atom is 0.483 e. The van der Waals surface area contributed by atoms with E-state index in [9.17, 15) is 54.0 Å². The van der Waals surface area contributed by atoms with Crippen molar-refractivity contribution in [3.8, 4) is 0 Å². The molecule has 200 valence electrons. The second-order valence-corrected chi connectivity index (χ2v) is 10.7. The van der Waals surface area contributed by atoms with Gasteiger partial charge in [0.25, 0.3) is 5.56 Å². The highest BCUT2D eigenvalue weighted by Crippen LogP contribution is 2.61. The third-order valence-electron chi connectivity index (χ3n) is 5.12. The third-order valence-corrected chi connectivity index (χ3v) is 7.72. The number of phosphoric ester groups is 2. The molecule has 2 unspecified atom stereocenters. The van der Waals surface area contributed by atoms with Crippen LogP contribution >= 0.6 is 15.6 Å². The van der Waals surface area contributed by atoms with Gasteiger partial charge in [-0.2, -0.15) is 4.31 Å². The molecule has 35 heavy (non-hydrogen) atoms. The van der Waals surface area contributed by atoms with E-state index in [-0.39, 0.29) is 0 Å². The summed E-state index contributed by atoms with van der Waals surface area (Å²) in [4.78, 5) is 44.5. The Hall–Kier alpha value is -1.34. The SMILES string of the molecule is C[C@@H]1O[C@@H](OP(=O)(O)OP(=O)(O)OC[C@H]2O[C@@H](n3ccc(=O)[nH]c3=O)[C@H](O)[C@@H]2O)[C@H](O)[C@H](O)[C@@H]1O. The van der Waals surface area contributed by atoms with E-state index in [1.807, 2.05) is 4.98 Å². The van der Waals surface area contributed by atoms with Gasteiger partial charge in [-0.1, -0.05) is 0 Å². The number of aromatic nitrogens is 2. The average molecular weight is 550 g/mol. The fourth-order valence-corrected chi connectivity index (χ4v) is 5.45. The fourth-order valence-electron chi connectivity index (χ4n) is 3.30. The second kappa shape index (κ2) is 10.6. The molecule has 2 aliphatic heterocycles. The first-order valence-electron chi connectivity index (χ1n) is 9.84. The molecule has 20 heteroatoms. The first-order chi connectivity index (χ1) is 16.1. The van der Waals surface area contributed by atoms with E-state index in [0.29, 0.717) is 0 Å². The Labute approximate surface area is 195 Å². The highest BCUT2D eigenvalue weighted by Gasteiger charge is 2.49. The first kappa shape index (κ1) is 28.2. The minimum atomic E-state index is -5.50. The number of aromatic amines is 1. The zero-order chi connectivity index (χ0) is 26.3. The molecule has 2 aliphatic rings. The van der Waals surface area contributed by atoms with Crippen molar-refractivity contribution in [1.29, 1.82) is 0 Å². The predicted octanol–water partition coefficient (Wildman–Crippen LogP) is -3.77. The Morgan fingerprint density at radius 2 is 1.63 bits per heavy atom. The second-order valence-electron chi connectivity index (χ2n) is 7.66. The molecule has 8 N–H and O–H groups in total. The third kappa shape index (κ3) is 6.51. The number of aliphatic hydroxyl groups is 5. The van der Waals surface area contributed by atoms with Crippen LogP contribution in [-0.4, -0.2) is 100 Å². The summed E-state index contributed by atoms with van der Waals surface area (Å²) >= 11 is 0. The summed E-state index contributed by atoms with van der Waals surface area (Å²) in [5.41, 5.74) is -1.72. The van der Waals surface area contributed by atoms with Crippen LogP contribution in [0.5, 0.6) is 0 Å². The van der Waals surface area contributed by atoms with E-state index in [1.54, 1.807) is 0 Å². The van der Waals surface area contributed by atoms with Gasteiger partial charge >= 0.3 is 21.3 Å². The molecule has 3 heterocycles. The fraction of sp³-hybridized carbons (Fsp3) is 0.733. The lowest BCUT2D eigenvalue weighted by Gasteiger charge is -2.38. The smallest absolute Gasteiger partial charge is 0.388 e. The molecule has 0 radical (unpaired) electrons. The lowest BCUT2D eigenvalue weighted by Crippen LogP contribution is -2.57. The molecule has 0 spiro atoms. The summed E-state index contributed by atoms with van der Waals surface area (Å²) < 4.78 is 48.3. The number of hydrogen-bond donors (Lipinski definition) is 8. The Morgan fingerprint density at radius 1 is 0.971 bits per heavy atom. The molecular weight excluding hydrogens is 526 g/mol. The van der Waals surface area contributed by atoms with Crippen molar-refractivity contribution in [1.82, 2.24) is 9.55 Å². The number of phosphoric acid groups is 2. The Balaban J connectivity index is 1.61. The number of H-pyrrole nitrogens is 1. The molecule has 0 aliphatic carbocycles. The molecule has 3 rings (SSSR count). The number of aliphatic hydroxyl groups excluding tert-OH is 5. The number of rotatable bonds is 8. The maximum atomic E-state index is 12.1. The Bertz CT molecular complexity index is 1110. The summed E-state index contributed by atoms with van der Waals surface area (Å²) in [5, 5.41) is 49.4. The van der Waals surface area contributed by atoms with Crippen molar-refractivity contribution in [3.05, 3.63) is 33.1 Å². The minimum Gasteiger partial charge on any atom is -0.388 e. The van der Waals surface area contributed by atoms with Crippen molar-refractivity contribution in [2.45, 2.75) is 62.2 Å². The summed E-state index contributed by atoms with van der Waals surface area (Å²) in [7, 11) is -10.9. The van der Waals surface area contributed by atoms with Crippen molar-refractivity contribution in [2.24, 2.45) is 0 Å². The van der Waals surface area contributed by atoms with E-state index >= 15 is 0 Å². The van der Waals surface area contributed by atoms with Gasteiger partial charge in [-0.3, -0.25) is 23.4 Å². The van der Waals surface area contributed by atoms with Crippen LogP contribution < -0.4 is 11.2 Å². The maximum absolute atomic E-state index is 12.1. The highest BCUT2D eigenvalue weighted by atomic mass is 31.3. The molecule has 0 aromatic carbocycles. The lowest BCUT2D eigenvalue weighted by atomic mass is 10.0. The van der Waals surface area contributed by atoms with Gasteiger partial charge in [0, 0.05) is 12.3 Å². The van der Waals surface area contributed by atoms with Crippen molar-refractivity contribution >= 4 is 15.6 Å². The van der Waals surface area contributed by atoms with Crippen LogP contribution in [0.4, 0.5) is 0 Å². The summed E-state index contributed by atoms with van der Waals surface area (Å²) in [6.07, 6.45) is -14.2. The monoisotopic (exact) mass is 550 g/mol. The van der Waals surface area contributed by atoms with E-state index in [4.69, 9.17) is 9.47 Å². The molecule has 1 aromatic heterocycles. The number of hydrogen-bond acceptors (Lipinski definition) is 14. The molecular formula is C15H24N2O16P2. The van der Waals surface area contributed by atoms with E-state index in [1.165, 1.54) is 6.92 Å². The minimum absolute atomic E-state index is 0.737. The number of ether oxygens (including phenoxy) is 2. The van der Waals surface area contributed by atoms with Gasteiger partial charge in [0.1, 0.15) is 36.6 Å². The van der Waals surface area contributed by atoms with E-state index < -0.39 is 88.7 Å². The van der Waals surface area contributed by atoms with Crippen molar-refractivity contribution < 1.29 is 67.3 Å². The van der Waals surface area contributed by atoms with Gasteiger partial charge in [0.15, 0.2) is 12.5 Å². The van der Waals surface area contributed by atoms with Crippen LogP contribution in [0, 0.1) is 0 Å². The molecule has 1 aromatic rings. The van der Waals surface area contributed by atoms with Gasteiger partial charge in [-0.05, 0) is 6.92 Å². The van der Waals surface area contributed by atoms with Gasteiger partial charge in [-0.25, -0.2) is 13.9 Å². The van der Waals surface area contributed by atoms with Crippen LogP contribution in [0.3, 0.4) is 0 Å². The molecule has 2 saturated heterocycles. The molecule has 0 saturated carbocycles. The van der Waals surface area contributed by atoms with E-state index in [2.05, 4.69) is 13.4 Å². The van der Waals surface area contributed by atoms with Crippen LogP contribution in [-0.2, 0) is 32.0 Å². The van der Waals surface area contributed by atoms with Crippen LogP contribution in [0.25, 0.3) is 0 Å². The molecule has 0 amide bonds. The van der Waals surface area contributed by atoms with Gasteiger partial charge in [-0.15, -0.1) is 0 Å². The number of nitrogens with one attached hydrogen (secondary N) is 1. The van der Waals surface area contributed by atoms with Gasteiger partial charge < -0.3 is 44.8 Å².